The Hall–Kier alpha value is -2.95. The lowest BCUT2D eigenvalue weighted by Crippen LogP contribution is -2.14. The Balaban J connectivity index is 1.40. The number of halogens is 1. The number of aromatic nitrogens is 4. The Bertz CT molecular complexity index is 1270. The first kappa shape index (κ1) is 24.2. The fourth-order valence-corrected chi connectivity index (χ4v) is 4.89. The lowest BCUT2D eigenvalue weighted by molar-refractivity contribution is -0.113. The number of nitrogens with zero attached hydrogens (tertiary/aromatic N) is 4. The van der Waals surface area contributed by atoms with Crippen LogP contribution in [0.3, 0.4) is 0 Å². The average Bonchev–Trinajstić information content (AvgIpc) is 3.46. The Morgan fingerprint density at radius 1 is 1.18 bits per heavy atom. The van der Waals surface area contributed by atoms with E-state index in [1.807, 2.05) is 65.4 Å². The molecule has 0 atom stereocenters. The largest absolute Gasteiger partial charge is 0.494 e. The number of benzene rings is 2. The number of thioether (sulfide) groups is 1. The summed E-state index contributed by atoms with van der Waals surface area (Å²) in [7, 11) is 0. The molecule has 0 saturated heterocycles. The first-order valence-electron chi connectivity index (χ1n) is 10.5. The van der Waals surface area contributed by atoms with Crippen LogP contribution in [0.25, 0.3) is 22.6 Å². The van der Waals surface area contributed by atoms with E-state index in [0.717, 1.165) is 27.0 Å². The summed E-state index contributed by atoms with van der Waals surface area (Å²) in [6.45, 7) is 6.93. The summed E-state index contributed by atoms with van der Waals surface area (Å²) in [5, 5.41) is 14.6. The molecule has 34 heavy (non-hydrogen) atoms. The van der Waals surface area contributed by atoms with Gasteiger partial charge in [0.05, 0.1) is 18.1 Å². The predicted molar refractivity (Wildman–Crippen MR) is 141 cm³/mol. The maximum atomic E-state index is 12.6. The van der Waals surface area contributed by atoms with Crippen LogP contribution in [0.1, 0.15) is 6.92 Å². The number of hydrogen-bond acceptors (Lipinski definition) is 7. The van der Waals surface area contributed by atoms with Gasteiger partial charge in [0, 0.05) is 27.5 Å². The van der Waals surface area contributed by atoms with Crippen molar-refractivity contribution in [3.05, 3.63) is 71.0 Å². The van der Waals surface area contributed by atoms with Crippen LogP contribution < -0.4 is 10.1 Å². The molecule has 0 aliphatic rings. The molecule has 4 aromatic rings. The van der Waals surface area contributed by atoms with Crippen molar-refractivity contribution in [3.63, 3.8) is 0 Å². The monoisotopic (exact) mass is 555 g/mol. The number of rotatable bonds is 10. The van der Waals surface area contributed by atoms with Crippen LogP contribution in [-0.4, -0.2) is 38.0 Å². The summed E-state index contributed by atoms with van der Waals surface area (Å²) >= 11 is 6.15. The number of ether oxygens (including phenoxy) is 1. The van der Waals surface area contributed by atoms with Gasteiger partial charge in [-0.05, 0) is 43.3 Å². The van der Waals surface area contributed by atoms with Crippen molar-refractivity contribution in [1.29, 1.82) is 0 Å². The zero-order chi connectivity index (χ0) is 23.9. The van der Waals surface area contributed by atoms with Crippen LogP contribution in [-0.2, 0) is 11.3 Å². The van der Waals surface area contributed by atoms with Crippen LogP contribution in [0.5, 0.6) is 5.75 Å². The van der Waals surface area contributed by atoms with Gasteiger partial charge in [-0.25, -0.2) is 4.98 Å². The highest BCUT2D eigenvalue weighted by molar-refractivity contribution is 9.10. The third-order valence-electron chi connectivity index (χ3n) is 4.67. The van der Waals surface area contributed by atoms with E-state index in [0.29, 0.717) is 29.3 Å². The molecule has 1 N–H and O–H groups in total. The van der Waals surface area contributed by atoms with Crippen LogP contribution in [0.4, 0.5) is 5.13 Å². The summed E-state index contributed by atoms with van der Waals surface area (Å²) in [5.41, 5.74) is 2.73. The lowest BCUT2D eigenvalue weighted by atomic mass is 10.2. The predicted octanol–water partition coefficient (Wildman–Crippen LogP) is 6.15. The van der Waals surface area contributed by atoms with E-state index in [1.54, 1.807) is 6.08 Å². The molecule has 10 heteroatoms. The minimum Gasteiger partial charge on any atom is -0.494 e. The molecule has 1 amide bonds. The van der Waals surface area contributed by atoms with Crippen LogP contribution in [0.15, 0.2) is 76.2 Å². The molecule has 7 nitrogen and oxygen atoms in total. The fourth-order valence-electron chi connectivity index (χ4n) is 3.14. The van der Waals surface area contributed by atoms with E-state index >= 15 is 0 Å². The molecule has 2 aromatic carbocycles. The van der Waals surface area contributed by atoms with Gasteiger partial charge in [0.25, 0.3) is 0 Å². The zero-order valence-electron chi connectivity index (χ0n) is 18.4. The van der Waals surface area contributed by atoms with E-state index in [9.17, 15) is 4.79 Å². The third-order valence-corrected chi connectivity index (χ3v) is 6.93. The highest BCUT2D eigenvalue weighted by atomic mass is 79.9. The number of amides is 1. The maximum absolute atomic E-state index is 12.6. The molecule has 2 heterocycles. The molecular formula is C24H22BrN5O2S2. The van der Waals surface area contributed by atoms with E-state index in [-0.39, 0.29) is 11.7 Å². The second-order valence-electron chi connectivity index (χ2n) is 7.04. The Labute approximate surface area is 214 Å². The van der Waals surface area contributed by atoms with E-state index in [4.69, 9.17) is 4.74 Å². The van der Waals surface area contributed by atoms with Gasteiger partial charge < -0.3 is 10.1 Å². The van der Waals surface area contributed by atoms with Gasteiger partial charge >= 0.3 is 0 Å². The molecular weight excluding hydrogens is 534 g/mol. The van der Waals surface area contributed by atoms with Crippen molar-refractivity contribution in [3.8, 4) is 28.4 Å². The molecule has 0 spiro atoms. The smallest absolute Gasteiger partial charge is 0.236 e. The number of allylic oxidation sites excluding steroid dienone is 1. The minimum atomic E-state index is -0.155. The van der Waals surface area contributed by atoms with Crippen molar-refractivity contribution in [1.82, 2.24) is 19.7 Å². The number of hydrogen-bond donors (Lipinski definition) is 1. The highest BCUT2D eigenvalue weighted by Crippen LogP contribution is 2.28. The van der Waals surface area contributed by atoms with Gasteiger partial charge in [-0.1, -0.05) is 45.9 Å². The van der Waals surface area contributed by atoms with Crippen LogP contribution in [0.2, 0.25) is 0 Å². The quantitative estimate of drug-likeness (QED) is 0.187. The number of carbonyl (C=O) groups is 1. The first-order valence-corrected chi connectivity index (χ1v) is 13.1. The highest BCUT2D eigenvalue weighted by Gasteiger charge is 2.16. The van der Waals surface area contributed by atoms with Gasteiger partial charge in [-0.15, -0.1) is 28.1 Å². The molecule has 2 aromatic heterocycles. The molecule has 0 aliphatic carbocycles. The van der Waals surface area contributed by atoms with Crippen molar-refractivity contribution in [2.45, 2.75) is 18.6 Å². The van der Waals surface area contributed by atoms with Crippen LogP contribution >= 0.6 is 39.0 Å². The van der Waals surface area contributed by atoms with Crippen molar-refractivity contribution in [2.75, 3.05) is 17.7 Å². The normalized spacial score (nSPS) is 10.8. The molecule has 0 fully saturated rings. The molecule has 0 radical (unpaired) electrons. The van der Waals surface area contributed by atoms with Crippen LogP contribution in [0, 0.1) is 0 Å². The number of carbonyl (C=O) groups excluding carboxylic acids is 1. The summed E-state index contributed by atoms with van der Waals surface area (Å²) in [6, 6.07) is 15.6. The Kier molecular flexibility index (Phi) is 8.15. The summed E-state index contributed by atoms with van der Waals surface area (Å²) in [5.74, 6) is 1.55. The number of nitrogens with one attached hydrogen (secondary N) is 1. The maximum Gasteiger partial charge on any atom is 0.236 e. The van der Waals surface area contributed by atoms with Gasteiger partial charge in [-0.2, -0.15) is 0 Å². The lowest BCUT2D eigenvalue weighted by Gasteiger charge is -2.08. The van der Waals surface area contributed by atoms with Gasteiger partial charge in [0.2, 0.25) is 5.91 Å². The number of anilines is 1. The molecule has 0 unspecified atom stereocenters. The molecule has 0 bridgehead atoms. The third kappa shape index (κ3) is 5.94. The van der Waals surface area contributed by atoms with Gasteiger partial charge in [-0.3, -0.25) is 9.36 Å². The van der Waals surface area contributed by atoms with E-state index in [2.05, 4.69) is 43.0 Å². The SMILES string of the molecule is C=CCn1c(SCC(=O)Nc2nc(-c3ccc(Br)cc3)cs2)nnc1-c1ccc(OCC)cc1. The summed E-state index contributed by atoms with van der Waals surface area (Å²) in [6.07, 6.45) is 1.78. The second kappa shape index (κ2) is 11.5. The minimum absolute atomic E-state index is 0.155. The molecule has 0 aliphatic heterocycles. The molecule has 4 rings (SSSR count). The molecule has 174 valence electrons. The summed E-state index contributed by atoms with van der Waals surface area (Å²) < 4.78 is 8.46. The second-order valence-corrected chi connectivity index (χ2v) is 9.76. The Morgan fingerprint density at radius 3 is 2.62 bits per heavy atom. The van der Waals surface area contributed by atoms with Crippen molar-refractivity contribution in [2.24, 2.45) is 0 Å². The van der Waals surface area contributed by atoms with Gasteiger partial charge in [0.1, 0.15) is 5.75 Å². The van der Waals surface area contributed by atoms with E-state index < -0.39 is 0 Å². The average molecular weight is 557 g/mol. The van der Waals surface area contributed by atoms with Gasteiger partial charge in [0.15, 0.2) is 16.1 Å². The standard InChI is InChI=1S/C24H22BrN5O2S2/c1-3-13-30-22(17-7-11-19(12-8-17)32-4-2)28-29-24(30)34-15-21(31)27-23-26-20(14-33-23)16-5-9-18(25)10-6-16/h3,5-12,14H,1,4,13,15H2,2H3,(H,26,27,31). The molecule has 0 saturated carbocycles. The topological polar surface area (TPSA) is 81.9 Å². The zero-order valence-corrected chi connectivity index (χ0v) is 21.6. The fraction of sp³-hybridized carbons (Fsp3) is 0.167. The van der Waals surface area contributed by atoms with Crippen molar-refractivity contribution >= 4 is 50.1 Å². The van der Waals surface area contributed by atoms with E-state index in [1.165, 1.54) is 23.1 Å². The summed E-state index contributed by atoms with van der Waals surface area (Å²) in [4.78, 5) is 17.1. The Morgan fingerprint density at radius 2 is 1.91 bits per heavy atom. The van der Waals surface area contributed by atoms with Crippen molar-refractivity contribution < 1.29 is 9.53 Å². The first-order chi connectivity index (χ1) is 16.6. The number of thiazole rings is 1.